The van der Waals surface area contributed by atoms with Crippen molar-refractivity contribution < 1.29 is 8.42 Å². The third kappa shape index (κ3) is 5.97. The smallest absolute Gasteiger partial charge is 0.214 e. The second kappa shape index (κ2) is 10.8. The van der Waals surface area contributed by atoms with Crippen LogP contribution in [-0.4, -0.2) is 81.7 Å². The van der Waals surface area contributed by atoms with Crippen molar-refractivity contribution >= 4 is 45.6 Å². The van der Waals surface area contributed by atoms with Crippen LogP contribution in [0.2, 0.25) is 0 Å². The molecule has 7 nitrogen and oxygen atoms in total. The first kappa shape index (κ1) is 24.2. The van der Waals surface area contributed by atoms with Crippen molar-refractivity contribution in [2.45, 2.75) is 27.2 Å². The Hall–Kier alpha value is -1.07. The van der Waals surface area contributed by atoms with Gasteiger partial charge >= 0.3 is 0 Å². The number of hydrogen-bond acceptors (Lipinski definition) is 4. The molecular weight excluding hydrogens is 501 g/mol. The van der Waals surface area contributed by atoms with E-state index in [0.717, 1.165) is 45.1 Å². The van der Waals surface area contributed by atoms with Gasteiger partial charge in [0.1, 0.15) is 0 Å². The van der Waals surface area contributed by atoms with E-state index in [9.17, 15) is 8.42 Å². The molecule has 0 amide bonds. The predicted octanol–water partition coefficient (Wildman–Crippen LogP) is 2.04. The monoisotopic (exact) mass is 535 g/mol. The number of nitrogens with zero attached hydrogens (tertiary/aromatic N) is 4. The van der Waals surface area contributed by atoms with Crippen molar-refractivity contribution in [3.8, 4) is 0 Å². The van der Waals surface area contributed by atoms with Gasteiger partial charge in [-0.2, -0.15) is 0 Å². The number of piperazine rings is 1. The minimum absolute atomic E-state index is 0. The Morgan fingerprint density at radius 3 is 2.48 bits per heavy atom. The maximum atomic E-state index is 11.9. The Labute approximate surface area is 192 Å². The molecule has 2 aliphatic heterocycles. The van der Waals surface area contributed by atoms with Gasteiger partial charge in [0.15, 0.2) is 5.96 Å². The quantitative estimate of drug-likeness (QED) is 0.355. The summed E-state index contributed by atoms with van der Waals surface area (Å²) in [7, 11) is -3.04. The number of anilines is 1. The van der Waals surface area contributed by atoms with Gasteiger partial charge in [0.05, 0.1) is 12.3 Å². The topological polar surface area (TPSA) is 68.2 Å². The van der Waals surface area contributed by atoms with Gasteiger partial charge in [0.2, 0.25) is 10.0 Å². The summed E-state index contributed by atoms with van der Waals surface area (Å²) in [6, 6.07) is 6.49. The molecule has 164 valence electrons. The van der Waals surface area contributed by atoms with Crippen LogP contribution < -0.4 is 10.2 Å². The van der Waals surface area contributed by atoms with Crippen LogP contribution in [0, 0.1) is 13.8 Å². The van der Waals surface area contributed by atoms with Gasteiger partial charge in [-0.25, -0.2) is 12.7 Å². The highest BCUT2D eigenvalue weighted by Crippen LogP contribution is 2.23. The molecule has 2 aliphatic rings. The number of halogens is 1. The van der Waals surface area contributed by atoms with Crippen LogP contribution in [-0.2, 0) is 10.0 Å². The van der Waals surface area contributed by atoms with Crippen molar-refractivity contribution in [2.75, 3.05) is 63.0 Å². The largest absolute Gasteiger partial charge is 0.368 e. The molecule has 0 aromatic heterocycles. The molecule has 3 rings (SSSR count). The zero-order valence-electron chi connectivity index (χ0n) is 17.7. The van der Waals surface area contributed by atoms with E-state index in [2.05, 4.69) is 54.1 Å². The zero-order chi connectivity index (χ0) is 20.1. The fourth-order valence-corrected chi connectivity index (χ4v) is 5.39. The van der Waals surface area contributed by atoms with Gasteiger partial charge in [-0.15, -0.1) is 24.0 Å². The fraction of sp³-hybridized carbons (Fsp3) is 0.650. The summed E-state index contributed by atoms with van der Waals surface area (Å²) in [5, 5.41) is 3.36. The maximum absolute atomic E-state index is 11.9. The van der Waals surface area contributed by atoms with E-state index >= 15 is 0 Å². The molecule has 1 aromatic carbocycles. The summed E-state index contributed by atoms with van der Waals surface area (Å²) in [5.74, 6) is 1.16. The Morgan fingerprint density at radius 1 is 1.14 bits per heavy atom. The summed E-state index contributed by atoms with van der Waals surface area (Å²) in [6.07, 6.45) is 0.729. The van der Waals surface area contributed by atoms with Crippen LogP contribution in [0.1, 0.15) is 24.5 Å². The molecule has 0 bridgehead atoms. The normalized spacial score (nSPS) is 19.9. The van der Waals surface area contributed by atoms with Gasteiger partial charge in [0, 0.05) is 51.5 Å². The maximum Gasteiger partial charge on any atom is 0.214 e. The van der Waals surface area contributed by atoms with Crippen molar-refractivity contribution in [3.05, 3.63) is 29.3 Å². The molecule has 0 spiro atoms. The van der Waals surface area contributed by atoms with Crippen LogP contribution in [0.15, 0.2) is 23.2 Å². The molecule has 1 N–H and O–H groups in total. The number of guanidine groups is 1. The van der Waals surface area contributed by atoms with Gasteiger partial charge in [0.25, 0.3) is 0 Å². The standard InChI is InChI=1S/C20H33N5O2S.HI/c1-4-21-20(22-9-11-25-10-6-16-28(25,26)27)24-14-12-23(13-15-24)19-8-5-7-17(2)18(19)3;/h5,7-8H,4,6,9-16H2,1-3H3,(H,21,22);1H. The first-order valence-corrected chi connectivity index (χ1v) is 11.9. The number of aryl methyl sites for hydroxylation is 1. The van der Waals surface area contributed by atoms with Crippen LogP contribution in [0.25, 0.3) is 0 Å². The van der Waals surface area contributed by atoms with Gasteiger partial charge in [-0.3, -0.25) is 4.99 Å². The molecule has 0 atom stereocenters. The summed E-state index contributed by atoms with van der Waals surface area (Å²) in [5.41, 5.74) is 4.00. The average molecular weight is 535 g/mol. The number of hydrogen-bond donors (Lipinski definition) is 1. The van der Waals surface area contributed by atoms with E-state index in [4.69, 9.17) is 4.99 Å². The second-order valence-electron chi connectivity index (χ2n) is 7.50. The lowest BCUT2D eigenvalue weighted by Crippen LogP contribution is -2.52. The highest BCUT2D eigenvalue weighted by atomic mass is 127. The van der Waals surface area contributed by atoms with E-state index in [1.807, 2.05) is 0 Å². The first-order valence-electron chi connectivity index (χ1n) is 10.2. The lowest BCUT2D eigenvalue weighted by atomic mass is 10.1. The average Bonchev–Trinajstić information content (AvgIpc) is 3.02. The minimum atomic E-state index is -3.04. The van der Waals surface area contributed by atoms with E-state index in [-0.39, 0.29) is 29.7 Å². The molecule has 0 radical (unpaired) electrons. The molecular formula is C20H34IN5O2S. The van der Waals surface area contributed by atoms with Crippen LogP contribution in [0.5, 0.6) is 0 Å². The van der Waals surface area contributed by atoms with E-state index in [1.165, 1.54) is 16.8 Å². The molecule has 2 heterocycles. The number of aliphatic imine (C=N–C) groups is 1. The molecule has 9 heteroatoms. The summed E-state index contributed by atoms with van der Waals surface area (Å²) >= 11 is 0. The highest BCUT2D eigenvalue weighted by Gasteiger charge is 2.27. The van der Waals surface area contributed by atoms with Crippen LogP contribution in [0.4, 0.5) is 5.69 Å². The Bertz CT molecular complexity index is 807. The van der Waals surface area contributed by atoms with Gasteiger partial charge in [-0.05, 0) is 44.4 Å². The van der Waals surface area contributed by atoms with E-state index < -0.39 is 10.0 Å². The van der Waals surface area contributed by atoms with Crippen molar-refractivity contribution in [3.63, 3.8) is 0 Å². The first-order chi connectivity index (χ1) is 13.4. The third-order valence-electron chi connectivity index (χ3n) is 5.64. The van der Waals surface area contributed by atoms with E-state index in [0.29, 0.717) is 19.6 Å². The number of sulfonamides is 1. The predicted molar refractivity (Wildman–Crippen MR) is 131 cm³/mol. The number of nitrogens with one attached hydrogen (secondary N) is 1. The highest BCUT2D eigenvalue weighted by molar-refractivity contribution is 14.0. The van der Waals surface area contributed by atoms with Crippen LogP contribution in [0.3, 0.4) is 0 Å². The zero-order valence-corrected chi connectivity index (χ0v) is 20.9. The number of benzene rings is 1. The SMILES string of the molecule is CCNC(=NCCN1CCCS1(=O)=O)N1CCN(c2cccc(C)c2C)CC1.I. The molecule has 1 aromatic rings. The second-order valence-corrected chi connectivity index (χ2v) is 9.59. The lowest BCUT2D eigenvalue weighted by molar-refractivity contribution is 0.371. The molecule has 0 unspecified atom stereocenters. The summed E-state index contributed by atoms with van der Waals surface area (Å²) in [4.78, 5) is 9.43. The van der Waals surface area contributed by atoms with Gasteiger partial charge < -0.3 is 15.1 Å². The lowest BCUT2D eigenvalue weighted by Gasteiger charge is -2.38. The molecule has 2 saturated heterocycles. The Kier molecular flexibility index (Phi) is 9.02. The Morgan fingerprint density at radius 2 is 1.86 bits per heavy atom. The van der Waals surface area contributed by atoms with Crippen molar-refractivity contribution in [2.24, 2.45) is 4.99 Å². The van der Waals surface area contributed by atoms with Crippen LogP contribution >= 0.6 is 24.0 Å². The minimum Gasteiger partial charge on any atom is -0.368 e. The molecule has 29 heavy (non-hydrogen) atoms. The van der Waals surface area contributed by atoms with Gasteiger partial charge in [-0.1, -0.05) is 12.1 Å². The van der Waals surface area contributed by atoms with Crippen molar-refractivity contribution in [1.82, 2.24) is 14.5 Å². The molecule has 2 fully saturated rings. The molecule has 0 aliphatic carbocycles. The third-order valence-corrected chi connectivity index (χ3v) is 7.60. The van der Waals surface area contributed by atoms with Crippen molar-refractivity contribution in [1.29, 1.82) is 0 Å². The van der Waals surface area contributed by atoms with E-state index in [1.54, 1.807) is 4.31 Å². The molecule has 0 saturated carbocycles. The Balaban J connectivity index is 0.00000300. The number of rotatable bonds is 5. The fourth-order valence-electron chi connectivity index (χ4n) is 3.87. The summed E-state index contributed by atoms with van der Waals surface area (Å²) < 4.78 is 25.4. The summed E-state index contributed by atoms with van der Waals surface area (Å²) in [6.45, 7) is 12.5.